The van der Waals surface area contributed by atoms with Gasteiger partial charge in [-0.3, -0.25) is 4.79 Å². The van der Waals surface area contributed by atoms with Gasteiger partial charge in [0.1, 0.15) is 0 Å². The van der Waals surface area contributed by atoms with E-state index in [2.05, 4.69) is 22.6 Å². The van der Waals surface area contributed by atoms with Crippen molar-refractivity contribution in [3.63, 3.8) is 0 Å². The van der Waals surface area contributed by atoms with E-state index in [4.69, 9.17) is 0 Å². The third kappa shape index (κ3) is 2.75. The van der Waals surface area contributed by atoms with E-state index < -0.39 is 0 Å². The first kappa shape index (κ1) is 11.9. The second-order valence-electron chi connectivity index (χ2n) is 4.49. The maximum absolute atomic E-state index is 12.1. The first-order valence-corrected chi connectivity index (χ1v) is 6.76. The molecular weight excluding hydrogens is 313 g/mol. The SMILES string of the molecule is CN(CC1CCC1)C(=O)c1ccc(I)cc1. The van der Waals surface area contributed by atoms with Crippen molar-refractivity contribution in [3.05, 3.63) is 33.4 Å². The molecular formula is C13H16INO. The molecule has 16 heavy (non-hydrogen) atoms. The van der Waals surface area contributed by atoms with E-state index in [0.717, 1.165) is 21.6 Å². The Morgan fingerprint density at radius 3 is 2.50 bits per heavy atom. The Bertz CT molecular complexity index is 370. The van der Waals surface area contributed by atoms with Crippen LogP contribution in [0.15, 0.2) is 24.3 Å². The normalized spacial score (nSPS) is 15.6. The van der Waals surface area contributed by atoms with Crippen molar-refractivity contribution in [1.29, 1.82) is 0 Å². The van der Waals surface area contributed by atoms with Gasteiger partial charge in [0, 0.05) is 22.7 Å². The highest BCUT2D eigenvalue weighted by Crippen LogP contribution is 2.27. The van der Waals surface area contributed by atoms with Gasteiger partial charge < -0.3 is 4.90 Å². The molecule has 0 bridgehead atoms. The van der Waals surface area contributed by atoms with Crippen LogP contribution in [0.4, 0.5) is 0 Å². The summed E-state index contributed by atoms with van der Waals surface area (Å²) in [5.74, 6) is 0.876. The van der Waals surface area contributed by atoms with E-state index in [1.165, 1.54) is 19.3 Å². The van der Waals surface area contributed by atoms with Crippen LogP contribution in [0, 0.1) is 9.49 Å². The van der Waals surface area contributed by atoms with Crippen LogP contribution in [-0.4, -0.2) is 24.4 Å². The maximum Gasteiger partial charge on any atom is 0.253 e. The second-order valence-corrected chi connectivity index (χ2v) is 5.74. The van der Waals surface area contributed by atoms with E-state index in [9.17, 15) is 4.79 Å². The van der Waals surface area contributed by atoms with Crippen LogP contribution in [0.5, 0.6) is 0 Å². The lowest BCUT2D eigenvalue weighted by molar-refractivity contribution is 0.0745. The number of hydrogen-bond acceptors (Lipinski definition) is 1. The molecule has 86 valence electrons. The molecule has 1 aromatic rings. The summed E-state index contributed by atoms with van der Waals surface area (Å²) in [5.41, 5.74) is 0.794. The van der Waals surface area contributed by atoms with Crippen molar-refractivity contribution in [2.75, 3.05) is 13.6 Å². The molecule has 0 spiro atoms. The maximum atomic E-state index is 12.1. The number of benzene rings is 1. The smallest absolute Gasteiger partial charge is 0.253 e. The molecule has 0 heterocycles. The number of amides is 1. The largest absolute Gasteiger partial charge is 0.341 e. The minimum atomic E-state index is 0.142. The molecule has 0 radical (unpaired) electrons. The van der Waals surface area contributed by atoms with Crippen molar-refractivity contribution < 1.29 is 4.79 Å². The van der Waals surface area contributed by atoms with Gasteiger partial charge in [-0.2, -0.15) is 0 Å². The van der Waals surface area contributed by atoms with Gasteiger partial charge in [0.05, 0.1) is 0 Å². The highest BCUT2D eigenvalue weighted by Gasteiger charge is 2.21. The van der Waals surface area contributed by atoms with Gasteiger partial charge in [-0.25, -0.2) is 0 Å². The van der Waals surface area contributed by atoms with Crippen molar-refractivity contribution in [1.82, 2.24) is 4.90 Å². The third-order valence-corrected chi connectivity index (χ3v) is 3.91. The zero-order valence-electron chi connectivity index (χ0n) is 9.45. The fraction of sp³-hybridized carbons (Fsp3) is 0.462. The quantitative estimate of drug-likeness (QED) is 0.780. The van der Waals surface area contributed by atoms with Gasteiger partial charge >= 0.3 is 0 Å². The third-order valence-electron chi connectivity index (χ3n) is 3.19. The number of rotatable bonds is 3. The van der Waals surface area contributed by atoms with Crippen molar-refractivity contribution in [2.45, 2.75) is 19.3 Å². The second kappa shape index (κ2) is 5.17. The van der Waals surface area contributed by atoms with Gasteiger partial charge in [0.25, 0.3) is 5.91 Å². The molecule has 0 aliphatic heterocycles. The molecule has 0 aromatic heterocycles. The van der Waals surface area contributed by atoms with Crippen LogP contribution in [0.3, 0.4) is 0 Å². The van der Waals surface area contributed by atoms with Crippen molar-refractivity contribution in [2.24, 2.45) is 5.92 Å². The minimum Gasteiger partial charge on any atom is -0.341 e. The molecule has 1 aliphatic rings. The average Bonchev–Trinajstić information content (AvgIpc) is 2.23. The van der Waals surface area contributed by atoms with Crippen LogP contribution < -0.4 is 0 Å². The molecule has 0 saturated heterocycles. The van der Waals surface area contributed by atoms with Gasteiger partial charge in [-0.1, -0.05) is 6.42 Å². The van der Waals surface area contributed by atoms with Crippen LogP contribution in [0.1, 0.15) is 29.6 Å². The Morgan fingerprint density at radius 2 is 2.00 bits per heavy atom. The molecule has 1 fully saturated rings. The number of halogens is 1. The fourth-order valence-corrected chi connectivity index (χ4v) is 2.32. The summed E-state index contributed by atoms with van der Waals surface area (Å²) in [6.45, 7) is 0.908. The standard InChI is InChI=1S/C13H16INO/c1-15(9-10-3-2-4-10)13(16)11-5-7-12(14)8-6-11/h5-8,10H,2-4,9H2,1H3. The summed E-state index contributed by atoms with van der Waals surface area (Å²) < 4.78 is 1.16. The predicted octanol–water partition coefficient (Wildman–Crippen LogP) is 3.16. The predicted molar refractivity (Wildman–Crippen MR) is 73.5 cm³/mol. The van der Waals surface area contributed by atoms with Crippen LogP contribution >= 0.6 is 22.6 Å². The molecule has 1 amide bonds. The molecule has 1 saturated carbocycles. The number of hydrogen-bond donors (Lipinski definition) is 0. The summed E-state index contributed by atoms with van der Waals surface area (Å²) in [4.78, 5) is 13.9. The van der Waals surface area contributed by atoms with E-state index in [-0.39, 0.29) is 5.91 Å². The highest BCUT2D eigenvalue weighted by atomic mass is 127. The Labute approximate surface area is 110 Å². The lowest BCUT2D eigenvalue weighted by Crippen LogP contribution is -2.34. The first-order valence-electron chi connectivity index (χ1n) is 5.68. The van der Waals surface area contributed by atoms with E-state index >= 15 is 0 Å². The van der Waals surface area contributed by atoms with Crippen LogP contribution in [0.25, 0.3) is 0 Å². The van der Waals surface area contributed by atoms with E-state index in [0.29, 0.717) is 0 Å². The summed E-state index contributed by atoms with van der Waals surface area (Å²) in [6.07, 6.45) is 3.89. The number of nitrogens with zero attached hydrogens (tertiary/aromatic N) is 1. The van der Waals surface area contributed by atoms with Crippen LogP contribution in [-0.2, 0) is 0 Å². The van der Waals surface area contributed by atoms with E-state index in [1.54, 1.807) is 0 Å². The topological polar surface area (TPSA) is 20.3 Å². The van der Waals surface area contributed by atoms with Gasteiger partial charge in [0.2, 0.25) is 0 Å². The summed E-state index contributed by atoms with van der Waals surface area (Å²) in [5, 5.41) is 0. The van der Waals surface area contributed by atoms with Gasteiger partial charge in [-0.15, -0.1) is 0 Å². The van der Waals surface area contributed by atoms with Crippen molar-refractivity contribution >= 4 is 28.5 Å². The Kier molecular flexibility index (Phi) is 3.84. The molecule has 0 atom stereocenters. The molecule has 1 aromatic carbocycles. The Balaban J connectivity index is 1.97. The summed E-state index contributed by atoms with van der Waals surface area (Å²) >= 11 is 2.25. The zero-order chi connectivity index (χ0) is 11.5. The molecule has 0 unspecified atom stereocenters. The molecule has 2 rings (SSSR count). The molecule has 1 aliphatic carbocycles. The fourth-order valence-electron chi connectivity index (χ4n) is 1.96. The summed E-state index contributed by atoms with van der Waals surface area (Å²) in [7, 11) is 1.90. The Morgan fingerprint density at radius 1 is 1.38 bits per heavy atom. The minimum absolute atomic E-state index is 0.142. The van der Waals surface area contributed by atoms with Crippen molar-refractivity contribution in [3.8, 4) is 0 Å². The number of carbonyl (C=O) groups excluding carboxylic acids is 1. The monoisotopic (exact) mass is 329 g/mol. The molecule has 0 N–H and O–H groups in total. The first-order chi connectivity index (χ1) is 7.66. The van der Waals surface area contributed by atoms with E-state index in [1.807, 2.05) is 36.2 Å². The van der Waals surface area contributed by atoms with Gasteiger partial charge in [-0.05, 0) is 65.6 Å². The zero-order valence-corrected chi connectivity index (χ0v) is 11.6. The average molecular weight is 329 g/mol. The number of carbonyl (C=O) groups is 1. The van der Waals surface area contributed by atoms with Gasteiger partial charge in [0.15, 0.2) is 0 Å². The summed E-state index contributed by atoms with van der Waals surface area (Å²) in [6, 6.07) is 7.76. The van der Waals surface area contributed by atoms with Crippen LogP contribution in [0.2, 0.25) is 0 Å². The Hall–Kier alpha value is -0.580. The highest BCUT2D eigenvalue weighted by molar-refractivity contribution is 14.1. The molecule has 3 heteroatoms. The molecule has 2 nitrogen and oxygen atoms in total. The lowest BCUT2D eigenvalue weighted by Gasteiger charge is -2.30. The lowest BCUT2D eigenvalue weighted by atomic mass is 9.85.